The van der Waals surface area contributed by atoms with Gasteiger partial charge in [0.15, 0.2) is 0 Å². The summed E-state index contributed by atoms with van der Waals surface area (Å²) < 4.78 is 5.72. The third-order valence-corrected chi connectivity index (χ3v) is 6.52. The lowest BCUT2D eigenvalue weighted by atomic mass is 9.93. The lowest BCUT2D eigenvalue weighted by Crippen LogP contribution is -2.31. The van der Waals surface area contributed by atoms with Crippen LogP contribution in [0.4, 0.5) is 0 Å². The number of rotatable bonds is 9. The Labute approximate surface area is 213 Å². The van der Waals surface area contributed by atoms with Crippen molar-refractivity contribution in [1.82, 2.24) is 4.90 Å². The zero-order valence-corrected chi connectivity index (χ0v) is 21.1. The molecule has 0 aliphatic carbocycles. The summed E-state index contributed by atoms with van der Waals surface area (Å²) in [5.41, 5.74) is 3.60. The van der Waals surface area contributed by atoms with Crippen LogP contribution in [0.25, 0.3) is 5.76 Å². The molecule has 186 valence electrons. The van der Waals surface area contributed by atoms with E-state index < -0.39 is 17.7 Å². The van der Waals surface area contributed by atoms with Crippen molar-refractivity contribution in [3.8, 4) is 5.75 Å². The van der Waals surface area contributed by atoms with Crippen molar-refractivity contribution in [1.29, 1.82) is 0 Å². The van der Waals surface area contributed by atoms with Crippen molar-refractivity contribution in [3.05, 3.63) is 107 Å². The van der Waals surface area contributed by atoms with E-state index in [0.717, 1.165) is 17.5 Å². The molecule has 1 fully saturated rings. The number of hydrogen-bond acceptors (Lipinski definition) is 4. The SMILES string of the molecule is CCCOc1cccc(/C(O)=C2\C(=O)C(=O)N(CCc3ccccc3)C2c2ccc(C(C)C)cc2)c1. The summed E-state index contributed by atoms with van der Waals surface area (Å²) in [5.74, 6) is -0.482. The highest BCUT2D eigenvalue weighted by Gasteiger charge is 2.45. The van der Waals surface area contributed by atoms with Gasteiger partial charge in [-0.05, 0) is 47.6 Å². The van der Waals surface area contributed by atoms with E-state index in [1.807, 2.05) is 67.6 Å². The van der Waals surface area contributed by atoms with Crippen LogP contribution in [-0.4, -0.2) is 34.8 Å². The van der Waals surface area contributed by atoms with Gasteiger partial charge < -0.3 is 14.7 Å². The molecule has 36 heavy (non-hydrogen) atoms. The van der Waals surface area contributed by atoms with Crippen LogP contribution in [0.2, 0.25) is 0 Å². The van der Waals surface area contributed by atoms with Crippen LogP contribution in [0.5, 0.6) is 5.75 Å². The molecule has 0 saturated carbocycles. The number of amides is 1. The Balaban J connectivity index is 1.76. The Morgan fingerprint density at radius 2 is 1.69 bits per heavy atom. The number of carbonyl (C=O) groups excluding carboxylic acids is 2. The van der Waals surface area contributed by atoms with Crippen LogP contribution < -0.4 is 4.74 Å². The van der Waals surface area contributed by atoms with Gasteiger partial charge in [0.1, 0.15) is 11.5 Å². The molecule has 1 heterocycles. The number of Topliss-reactive ketones (excluding diaryl/α,β-unsaturated/α-hetero) is 1. The number of nitrogens with zero attached hydrogens (tertiary/aromatic N) is 1. The second-order valence-electron chi connectivity index (χ2n) is 9.43. The van der Waals surface area contributed by atoms with Crippen molar-refractivity contribution in [3.63, 3.8) is 0 Å². The molecule has 1 amide bonds. The molecule has 1 atom stereocenters. The highest BCUT2D eigenvalue weighted by atomic mass is 16.5. The molecular weight excluding hydrogens is 450 g/mol. The van der Waals surface area contributed by atoms with Crippen LogP contribution >= 0.6 is 0 Å². The average Bonchev–Trinajstić information content (AvgIpc) is 3.16. The average molecular weight is 484 g/mol. The van der Waals surface area contributed by atoms with E-state index >= 15 is 0 Å². The third-order valence-electron chi connectivity index (χ3n) is 6.52. The molecule has 4 rings (SSSR count). The van der Waals surface area contributed by atoms with Gasteiger partial charge in [0.25, 0.3) is 11.7 Å². The Bertz CT molecular complexity index is 1250. The van der Waals surface area contributed by atoms with Gasteiger partial charge in [0.05, 0.1) is 18.2 Å². The molecule has 3 aromatic rings. The van der Waals surface area contributed by atoms with Crippen LogP contribution in [0.1, 0.15) is 61.4 Å². The lowest BCUT2D eigenvalue weighted by molar-refractivity contribution is -0.139. The maximum atomic E-state index is 13.3. The molecule has 0 radical (unpaired) electrons. The second-order valence-corrected chi connectivity index (χ2v) is 9.43. The zero-order valence-electron chi connectivity index (χ0n) is 21.1. The van der Waals surface area contributed by atoms with Crippen LogP contribution in [-0.2, 0) is 16.0 Å². The second kappa shape index (κ2) is 11.3. The number of aliphatic hydroxyl groups excluding tert-OH is 1. The number of likely N-dealkylation sites (tertiary alicyclic amines) is 1. The van der Waals surface area contributed by atoms with Crippen molar-refractivity contribution in [2.75, 3.05) is 13.2 Å². The van der Waals surface area contributed by atoms with E-state index in [0.29, 0.717) is 36.8 Å². The van der Waals surface area contributed by atoms with Gasteiger partial charge >= 0.3 is 0 Å². The van der Waals surface area contributed by atoms with Crippen molar-refractivity contribution in [2.24, 2.45) is 0 Å². The lowest BCUT2D eigenvalue weighted by Gasteiger charge is -2.26. The van der Waals surface area contributed by atoms with E-state index in [2.05, 4.69) is 13.8 Å². The van der Waals surface area contributed by atoms with Gasteiger partial charge in [-0.1, -0.05) is 87.5 Å². The normalized spacial score (nSPS) is 17.1. The number of benzene rings is 3. The third kappa shape index (κ3) is 5.35. The molecule has 1 aliphatic heterocycles. The van der Waals surface area contributed by atoms with Crippen LogP contribution in [0, 0.1) is 0 Å². The fourth-order valence-corrected chi connectivity index (χ4v) is 4.52. The van der Waals surface area contributed by atoms with Gasteiger partial charge in [-0.25, -0.2) is 0 Å². The molecule has 3 aromatic carbocycles. The Hall–Kier alpha value is -3.86. The number of carbonyl (C=O) groups is 2. The van der Waals surface area contributed by atoms with Gasteiger partial charge in [0, 0.05) is 12.1 Å². The van der Waals surface area contributed by atoms with Crippen molar-refractivity contribution < 1.29 is 19.4 Å². The number of aliphatic hydroxyl groups is 1. The van der Waals surface area contributed by atoms with Crippen molar-refractivity contribution >= 4 is 17.4 Å². The molecule has 0 bridgehead atoms. The van der Waals surface area contributed by atoms with Crippen LogP contribution in [0.15, 0.2) is 84.4 Å². The highest BCUT2D eigenvalue weighted by Crippen LogP contribution is 2.40. The summed E-state index contributed by atoms with van der Waals surface area (Å²) in [4.78, 5) is 28.1. The zero-order chi connectivity index (χ0) is 25.7. The number of ether oxygens (including phenoxy) is 1. The van der Waals surface area contributed by atoms with E-state index in [-0.39, 0.29) is 11.3 Å². The van der Waals surface area contributed by atoms with E-state index in [1.54, 1.807) is 23.1 Å². The van der Waals surface area contributed by atoms with Gasteiger partial charge in [-0.3, -0.25) is 9.59 Å². The van der Waals surface area contributed by atoms with E-state index in [1.165, 1.54) is 5.56 Å². The minimum Gasteiger partial charge on any atom is -0.507 e. The Morgan fingerprint density at radius 3 is 2.36 bits per heavy atom. The molecule has 1 unspecified atom stereocenters. The molecule has 5 heteroatoms. The topological polar surface area (TPSA) is 66.8 Å². The predicted molar refractivity (Wildman–Crippen MR) is 142 cm³/mol. The molecule has 1 saturated heterocycles. The van der Waals surface area contributed by atoms with Gasteiger partial charge in [-0.2, -0.15) is 0 Å². The molecule has 1 aliphatic rings. The summed E-state index contributed by atoms with van der Waals surface area (Å²) in [5, 5.41) is 11.4. The summed E-state index contributed by atoms with van der Waals surface area (Å²) >= 11 is 0. The van der Waals surface area contributed by atoms with Crippen molar-refractivity contribution in [2.45, 2.75) is 45.6 Å². The minimum atomic E-state index is -0.671. The first kappa shape index (κ1) is 25.2. The molecule has 1 N–H and O–H groups in total. The van der Waals surface area contributed by atoms with E-state index in [4.69, 9.17) is 4.74 Å². The standard InChI is InChI=1S/C31H33NO4/c1-4-19-36-26-12-8-11-25(20-26)29(33)27-28(24-15-13-23(14-16-24)21(2)3)32(31(35)30(27)34)18-17-22-9-6-5-7-10-22/h5-16,20-21,28,33H,4,17-19H2,1-3H3/b29-27+. The monoisotopic (exact) mass is 483 g/mol. The first-order valence-electron chi connectivity index (χ1n) is 12.6. The minimum absolute atomic E-state index is 0.109. The summed E-state index contributed by atoms with van der Waals surface area (Å²) in [7, 11) is 0. The fraction of sp³-hybridized carbons (Fsp3) is 0.290. The largest absolute Gasteiger partial charge is 0.507 e. The smallest absolute Gasteiger partial charge is 0.295 e. The first-order valence-corrected chi connectivity index (χ1v) is 12.6. The Morgan fingerprint density at radius 1 is 0.972 bits per heavy atom. The molecule has 0 spiro atoms. The highest BCUT2D eigenvalue weighted by molar-refractivity contribution is 6.46. The maximum Gasteiger partial charge on any atom is 0.295 e. The fourth-order valence-electron chi connectivity index (χ4n) is 4.52. The van der Waals surface area contributed by atoms with E-state index in [9.17, 15) is 14.7 Å². The number of ketones is 1. The Kier molecular flexibility index (Phi) is 7.89. The maximum absolute atomic E-state index is 13.3. The van der Waals surface area contributed by atoms with Crippen LogP contribution in [0.3, 0.4) is 0 Å². The predicted octanol–water partition coefficient (Wildman–Crippen LogP) is 6.26. The first-order chi connectivity index (χ1) is 17.4. The summed E-state index contributed by atoms with van der Waals surface area (Å²) in [6.07, 6.45) is 1.46. The number of hydrogen-bond donors (Lipinski definition) is 1. The van der Waals surface area contributed by atoms with Gasteiger partial charge in [0.2, 0.25) is 0 Å². The molecule has 5 nitrogen and oxygen atoms in total. The molecular formula is C31H33NO4. The summed E-state index contributed by atoms with van der Waals surface area (Å²) in [6.45, 7) is 7.17. The summed E-state index contributed by atoms with van der Waals surface area (Å²) in [6, 6.07) is 24.2. The van der Waals surface area contributed by atoms with Gasteiger partial charge in [-0.15, -0.1) is 0 Å². The molecule has 0 aromatic heterocycles. The quantitative estimate of drug-likeness (QED) is 0.221.